The number of hydrogen-bond acceptors (Lipinski definition) is 13. The van der Waals surface area contributed by atoms with Crippen LogP contribution in [-0.4, -0.2) is 144 Å². The fraction of sp³-hybridized carbons (Fsp3) is 0.758. The van der Waals surface area contributed by atoms with E-state index in [2.05, 4.69) is 6.92 Å². The number of rotatable bonds is 35. The average molecular weight is 661 g/mol. The van der Waals surface area contributed by atoms with Gasteiger partial charge in [-0.25, -0.2) is 4.79 Å². The predicted octanol–water partition coefficient (Wildman–Crippen LogP) is 3.12. The van der Waals surface area contributed by atoms with E-state index in [1.807, 2.05) is 6.07 Å². The Labute approximate surface area is 274 Å². The fourth-order valence-corrected chi connectivity index (χ4v) is 3.52. The molecule has 266 valence electrons. The molecule has 1 rings (SSSR count). The number of unbranched alkanes of at least 4 members (excludes halogenated alkanes) is 2. The van der Waals surface area contributed by atoms with E-state index < -0.39 is 0 Å². The first-order valence-electron chi connectivity index (χ1n) is 16.3. The third kappa shape index (κ3) is 29.2. The zero-order valence-corrected chi connectivity index (χ0v) is 27.7. The van der Waals surface area contributed by atoms with Gasteiger partial charge in [-0.05, 0) is 18.6 Å². The van der Waals surface area contributed by atoms with Crippen molar-refractivity contribution in [3.05, 3.63) is 35.9 Å². The molecule has 0 N–H and O–H groups in total. The van der Waals surface area contributed by atoms with E-state index >= 15 is 0 Å². The standard InChI is InChI=1S/C33H56O13/c1-2-3-5-10-32(34)45-29-27-43-25-23-41-21-19-39-17-15-37-13-11-36-12-14-38-16-18-40-20-22-42-24-26-44-28-30-46-33(35)31-8-6-4-7-9-31/h4,6-9H,2-3,5,10-30H2,1H3. The van der Waals surface area contributed by atoms with Crippen molar-refractivity contribution in [3.8, 4) is 0 Å². The first-order valence-corrected chi connectivity index (χ1v) is 16.3. The van der Waals surface area contributed by atoms with Crippen LogP contribution >= 0.6 is 0 Å². The van der Waals surface area contributed by atoms with Crippen molar-refractivity contribution in [3.63, 3.8) is 0 Å². The van der Waals surface area contributed by atoms with E-state index in [0.29, 0.717) is 131 Å². The maximum atomic E-state index is 11.8. The van der Waals surface area contributed by atoms with E-state index in [1.165, 1.54) is 0 Å². The van der Waals surface area contributed by atoms with Crippen LogP contribution in [0.2, 0.25) is 0 Å². The molecule has 0 fully saturated rings. The monoisotopic (exact) mass is 660 g/mol. The number of benzene rings is 1. The molecule has 0 spiro atoms. The molecular formula is C33H56O13. The predicted molar refractivity (Wildman–Crippen MR) is 169 cm³/mol. The summed E-state index contributed by atoms with van der Waals surface area (Å²) in [5.41, 5.74) is 0.523. The number of carbonyl (C=O) groups excluding carboxylic acids is 2. The van der Waals surface area contributed by atoms with Gasteiger partial charge in [-0.3, -0.25) is 4.79 Å². The van der Waals surface area contributed by atoms with Crippen LogP contribution in [0, 0.1) is 0 Å². The van der Waals surface area contributed by atoms with Gasteiger partial charge in [-0.2, -0.15) is 0 Å². The van der Waals surface area contributed by atoms with Gasteiger partial charge in [0.05, 0.1) is 124 Å². The first kappa shape index (κ1) is 41.8. The molecule has 46 heavy (non-hydrogen) atoms. The van der Waals surface area contributed by atoms with Crippen LogP contribution in [0.1, 0.15) is 43.0 Å². The van der Waals surface area contributed by atoms with Crippen molar-refractivity contribution in [2.24, 2.45) is 0 Å². The van der Waals surface area contributed by atoms with Crippen molar-refractivity contribution in [2.45, 2.75) is 32.6 Å². The minimum absolute atomic E-state index is 0.163. The van der Waals surface area contributed by atoms with Gasteiger partial charge >= 0.3 is 11.9 Å². The molecule has 1 aromatic rings. The highest BCUT2D eigenvalue weighted by Gasteiger charge is 2.05. The van der Waals surface area contributed by atoms with Crippen LogP contribution in [-0.2, 0) is 56.9 Å². The Hall–Kier alpha value is -2.20. The van der Waals surface area contributed by atoms with Gasteiger partial charge in [0, 0.05) is 6.42 Å². The zero-order chi connectivity index (χ0) is 33.0. The average Bonchev–Trinajstić information content (AvgIpc) is 3.07. The third-order valence-electron chi connectivity index (χ3n) is 5.92. The van der Waals surface area contributed by atoms with Crippen molar-refractivity contribution in [1.82, 2.24) is 0 Å². The second kappa shape index (κ2) is 34.1. The van der Waals surface area contributed by atoms with E-state index in [0.717, 1.165) is 19.3 Å². The molecule has 13 nitrogen and oxygen atoms in total. The van der Waals surface area contributed by atoms with Gasteiger partial charge < -0.3 is 52.1 Å². The van der Waals surface area contributed by atoms with Crippen LogP contribution < -0.4 is 0 Å². The van der Waals surface area contributed by atoms with Gasteiger partial charge in [0.2, 0.25) is 0 Å². The largest absolute Gasteiger partial charge is 0.463 e. The summed E-state index contributed by atoms with van der Waals surface area (Å²) >= 11 is 0. The molecule has 0 radical (unpaired) electrons. The molecule has 0 aromatic heterocycles. The van der Waals surface area contributed by atoms with Crippen LogP contribution in [0.4, 0.5) is 0 Å². The Morgan fingerprint density at radius 1 is 0.435 bits per heavy atom. The van der Waals surface area contributed by atoms with Gasteiger partial charge in [-0.15, -0.1) is 0 Å². The SMILES string of the molecule is CCCCCC(=O)OCCOCCOCCOCCOCCOCCOCCOCCOCCOCCOC(=O)c1ccccc1. The first-order chi connectivity index (χ1) is 22.7. The van der Waals surface area contributed by atoms with Crippen LogP contribution in [0.5, 0.6) is 0 Å². The molecule has 0 aliphatic rings. The summed E-state index contributed by atoms with van der Waals surface area (Å²) in [4.78, 5) is 23.2. The summed E-state index contributed by atoms with van der Waals surface area (Å²) in [6, 6.07) is 8.84. The summed E-state index contributed by atoms with van der Waals surface area (Å²) < 4.78 is 59.1. The number of carbonyl (C=O) groups is 2. The van der Waals surface area contributed by atoms with Gasteiger partial charge in [0.15, 0.2) is 0 Å². The smallest absolute Gasteiger partial charge is 0.338 e. The van der Waals surface area contributed by atoms with Crippen LogP contribution in [0.25, 0.3) is 0 Å². The van der Waals surface area contributed by atoms with Crippen molar-refractivity contribution in [2.75, 3.05) is 132 Å². The normalized spacial score (nSPS) is 11.2. The highest BCUT2D eigenvalue weighted by atomic mass is 16.6. The molecular weight excluding hydrogens is 604 g/mol. The third-order valence-corrected chi connectivity index (χ3v) is 5.92. The van der Waals surface area contributed by atoms with Crippen molar-refractivity contribution < 1.29 is 61.7 Å². The number of hydrogen-bond donors (Lipinski definition) is 0. The maximum Gasteiger partial charge on any atom is 0.338 e. The molecule has 0 saturated heterocycles. The molecule has 13 heteroatoms. The summed E-state index contributed by atoms with van der Waals surface area (Å²) in [5.74, 6) is -0.522. The Kier molecular flexibility index (Phi) is 31.0. The maximum absolute atomic E-state index is 11.8. The minimum Gasteiger partial charge on any atom is -0.463 e. The Morgan fingerprint density at radius 3 is 1.11 bits per heavy atom. The van der Waals surface area contributed by atoms with Crippen LogP contribution in [0.3, 0.4) is 0 Å². The highest BCUT2D eigenvalue weighted by Crippen LogP contribution is 2.01. The molecule has 0 aliphatic heterocycles. The lowest BCUT2D eigenvalue weighted by atomic mass is 10.2. The number of ether oxygens (including phenoxy) is 11. The molecule has 0 aliphatic carbocycles. The van der Waals surface area contributed by atoms with Crippen LogP contribution in [0.15, 0.2) is 30.3 Å². The van der Waals surface area contributed by atoms with E-state index in [-0.39, 0.29) is 25.2 Å². The second-order valence-electron chi connectivity index (χ2n) is 9.69. The molecule has 0 atom stereocenters. The molecule has 0 saturated carbocycles. The molecule has 0 heterocycles. The van der Waals surface area contributed by atoms with Gasteiger partial charge in [0.1, 0.15) is 13.2 Å². The Balaban J connectivity index is 1.65. The summed E-state index contributed by atoms with van der Waals surface area (Å²) in [7, 11) is 0. The lowest BCUT2D eigenvalue weighted by Crippen LogP contribution is -2.16. The summed E-state index contributed by atoms with van der Waals surface area (Å²) in [6.45, 7) is 10.8. The highest BCUT2D eigenvalue weighted by molar-refractivity contribution is 5.89. The topological polar surface area (TPSA) is 136 Å². The zero-order valence-electron chi connectivity index (χ0n) is 27.7. The van der Waals surface area contributed by atoms with Gasteiger partial charge in [-0.1, -0.05) is 38.0 Å². The summed E-state index contributed by atoms with van der Waals surface area (Å²) in [5, 5.41) is 0. The molecule has 0 unspecified atom stereocenters. The van der Waals surface area contributed by atoms with Crippen molar-refractivity contribution in [1.29, 1.82) is 0 Å². The molecule has 0 bridgehead atoms. The minimum atomic E-state index is -0.359. The fourth-order valence-electron chi connectivity index (χ4n) is 3.52. The van der Waals surface area contributed by atoms with E-state index in [9.17, 15) is 9.59 Å². The Morgan fingerprint density at radius 2 is 0.761 bits per heavy atom. The van der Waals surface area contributed by atoms with Gasteiger partial charge in [0.25, 0.3) is 0 Å². The quantitative estimate of drug-likeness (QED) is 0.0780. The second-order valence-corrected chi connectivity index (χ2v) is 9.69. The Bertz CT molecular complexity index is 797. The number of esters is 2. The molecule has 1 aromatic carbocycles. The lowest BCUT2D eigenvalue weighted by Gasteiger charge is -2.09. The van der Waals surface area contributed by atoms with Crippen molar-refractivity contribution >= 4 is 11.9 Å². The van der Waals surface area contributed by atoms with E-state index in [4.69, 9.17) is 52.1 Å². The van der Waals surface area contributed by atoms with E-state index in [1.54, 1.807) is 24.3 Å². The molecule has 0 amide bonds. The summed E-state index contributed by atoms with van der Waals surface area (Å²) in [6.07, 6.45) is 3.48. The lowest BCUT2D eigenvalue weighted by molar-refractivity contribution is -0.145.